The molecule has 7 heteroatoms. The van der Waals surface area contributed by atoms with Crippen molar-refractivity contribution >= 4 is 37.3 Å². The highest BCUT2D eigenvalue weighted by Crippen LogP contribution is 2.24. The molecule has 0 aliphatic heterocycles. The van der Waals surface area contributed by atoms with Gasteiger partial charge in [0.05, 0.1) is 16.8 Å². The molecular weight excluding hydrogens is 330 g/mol. The Hall–Kier alpha value is -1.60. The molecule has 1 aromatic carbocycles. The van der Waals surface area contributed by atoms with Crippen molar-refractivity contribution in [3.8, 4) is 0 Å². The highest BCUT2D eigenvalue weighted by atomic mass is 79.9. The van der Waals surface area contributed by atoms with Crippen LogP contribution in [0.1, 0.15) is 5.56 Å². The molecule has 2 rings (SSSR count). The van der Waals surface area contributed by atoms with Gasteiger partial charge in [-0.1, -0.05) is 0 Å². The lowest BCUT2D eigenvalue weighted by Gasteiger charge is -2.09. The molecule has 0 unspecified atom stereocenters. The molecule has 0 atom stereocenters. The normalized spacial score (nSPS) is 11.3. The number of aryl methyl sites for hydroxylation is 1. The summed E-state index contributed by atoms with van der Waals surface area (Å²) in [5.41, 5.74) is 7.41. The second-order valence-corrected chi connectivity index (χ2v) is 6.58. The van der Waals surface area contributed by atoms with E-state index in [9.17, 15) is 8.42 Å². The minimum atomic E-state index is -3.64. The molecule has 0 fully saturated rings. The van der Waals surface area contributed by atoms with Crippen molar-refractivity contribution in [1.82, 2.24) is 4.98 Å². The monoisotopic (exact) mass is 341 g/mol. The maximum Gasteiger partial charge on any atom is 0.261 e. The van der Waals surface area contributed by atoms with Crippen LogP contribution in [0.5, 0.6) is 0 Å². The Morgan fingerprint density at radius 2 is 2.00 bits per heavy atom. The van der Waals surface area contributed by atoms with Crippen molar-refractivity contribution in [2.75, 3.05) is 10.5 Å². The third kappa shape index (κ3) is 3.24. The lowest BCUT2D eigenvalue weighted by molar-refractivity contribution is 0.601. The van der Waals surface area contributed by atoms with Gasteiger partial charge >= 0.3 is 0 Å². The van der Waals surface area contributed by atoms with Gasteiger partial charge in [0, 0.05) is 16.4 Å². The topological polar surface area (TPSA) is 85.1 Å². The van der Waals surface area contributed by atoms with Crippen LogP contribution in [-0.2, 0) is 10.0 Å². The van der Waals surface area contributed by atoms with Crippen LogP contribution in [0.2, 0.25) is 0 Å². The zero-order valence-corrected chi connectivity index (χ0v) is 12.5. The molecule has 0 radical (unpaired) electrons. The average Bonchev–Trinajstić information content (AvgIpc) is 2.32. The van der Waals surface area contributed by atoms with Gasteiger partial charge in [-0.05, 0) is 52.7 Å². The molecule has 0 saturated heterocycles. The first-order valence-corrected chi connectivity index (χ1v) is 7.65. The molecule has 100 valence electrons. The maximum absolute atomic E-state index is 12.2. The van der Waals surface area contributed by atoms with Gasteiger partial charge in [0.1, 0.15) is 0 Å². The summed E-state index contributed by atoms with van der Waals surface area (Å²) in [6.07, 6.45) is 3.11. The molecule has 3 N–H and O–H groups in total. The van der Waals surface area contributed by atoms with Gasteiger partial charge in [-0.25, -0.2) is 8.42 Å². The van der Waals surface area contributed by atoms with E-state index in [1.807, 2.05) is 6.92 Å². The number of nitrogens with one attached hydrogen (secondary N) is 1. The Balaban J connectivity index is 2.35. The summed E-state index contributed by atoms with van der Waals surface area (Å²) in [6.45, 7) is 1.84. The molecule has 0 bridgehead atoms. The Labute approximate surface area is 120 Å². The molecule has 0 saturated carbocycles. The Kier molecular flexibility index (Phi) is 3.77. The maximum atomic E-state index is 12.2. The molecule has 19 heavy (non-hydrogen) atoms. The number of nitrogens with two attached hydrogens (primary N) is 1. The second-order valence-electron chi connectivity index (χ2n) is 4.04. The van der Waals surface area contributed by atoms with Crippen molar-refractivity contribution in [1.29, 1.82) is 0 Å². The molecule has 1 heterocycles. The van der Waals surface area contributed by atoms with Crippen molar-refractivity contribution in [3.63, 3.8) is 0 Å². The number of hydrogen-bond acceptors (Lipinski definition) is 4. The summed E-state index contributed by atoms with van der Waals surface area (Å²) in [4.78, 5) is 4.07. The Morgan fingerprint density at radius 1 is 1.26 bits per heavy atom. The van der Waals surface area contributed by atoms with Gasteiger partial charge in [-0.2, -0.15) is 0 Å². The number of benzene rings is 1. The van der Waals surface area contributed by atoms with Gasteiger partial charge < -0.3 is 5.73 Å². The summed E-state index contributed by atoms with van der Waals surface area (Å²) in [7, 11) is -3.64. The van der Waals surface area contributed by atoms with Crippen LogP contribution in [0.25, 0.3) is 0 Å². The smallest absolute Gasteiger partial charge is 0.261 e. The first-order valence-electron chi connectivity index (χ1n) is 5.38. The summed E-state index contributed by atoms with van der Waals surface area (Å²) in [6, 6.07) is 6.15. The fourth-order valence-corrected chi connectivity index (χ4v) is 3.09. The van der Waals surface area contributed by atoms with Crippen LogP contribution < -0.4 is 10.5 Å². The zero-order chi connectivity index (χ0) is 14.0. The fraction of sp³-hybridized carbons (Fsp3) is 0.0833. The first kappa shape index (κ1) is 13.8. The highest BCUT2D eigenvalue weighted by Gasteiger charge is 2.15. The number of nitrogens with zero attached hydrogens (tertiary/aromatic N) is 1. The predicted molar refractivity (Wildman–Crippen MR) is 78.3 cm³/mol. The molecule has 0 aliphatic carbocycles. The molecule has 1 aromatic heterocycles. The van der Waals surface area contributed by atoms with Crippen molar-refractivity contribution in [2.24, 2.45) is 0 Å². The standard InChI is InChI=1S/C12H12BrN3O2S/c1-8-4-9(7-15-6-8)16-19(17,18)10-2-3-12(14)11(13)5-10/h2-7,16H,14H2,1H3. The highest BCUT2D eigenvalue weighted by molar-refractivity contribution is 9.10. The van der Waals surface area contributed by atoms with Crippen LogP contribution in [0.4, 0.5) is 11.4 Å². The number of rotatable bonds is 3. The number of anilines is 2. The summed E-state index contributed by atoms with van der Waals surface area (Å²) >= 11 is 3.21. The number of sulfonamides is 1. The van der Waals surface area contributed by atoms with Gasteiger partial charge in [0.2, 0.25) is 0 Å². The number of nitrogen functional groups attached to an aromatic ring is 1. The van der Waals surface area contributed by atoms with Crippen LogP contribution in [0.15, 0.2) is 46.0 Å². The summed E-state index contributed by atoms with van der Waals surface area (Å²) in [5, 5.41) is 0. The summed E-state index contributed by atoms with van der Waals surface area (Å²) in [5.74, 6) is 0. The largest absolute Gasteiger partial charge is 0.398 e. The lowest BCUT2D eigenvalue weighted by Crippen LogP contribution is -2.13. The third-order valence-electron chi connectivity index (χ3n) is 2.41. The molecule has 5 nitrogen and oxygen atoms in total. The van der Waals surface area contributed by atoms with Crippen LogP contribution in [-0.4, -0.2) is 13.4 Å². The van der Waals surface area contributed by atoms with Gasteiger partial charge in [0.15, 0.2) is 0 Å². The van der Waals surface area contributed by atoms with E-state index in [-0.39, 0.29) is 4.90 Å². The quantitative estimate of drug-likeness (QED) is 0.840. The molecule has 0 amide bonds. The van der Waals surface area contributed by atoms with E-state index in [1.54, 1.807) is 12.3 Å². The molecule has 0 aliphatic rings. The van der Waals surface area contributed by atoms with Gasteiger partial charge in [-0.15, -0.1) is 0 Å². The van der Waals surface area contributed by atoms with E-state index in [1.165, 1.54) is 24.4 Å². The van der Waals surface area contributed by atoms with Gasteiger partial charge in [0.25, 0.3) is 10.0 Å². The van der Waals surface area contributed by atoms with Crippen LogP contribution in [0.3, 0.4) is 0 Å². The van der Waals surface area contributed by atoms with Crippen LogP contribution in [0, 0.1) is 6.92 Å². The van der Waals surface area contributed by atoms with E-state index in [2.05, 4.69) is 25.6 Å². The zero-order valence-electron chi connectivity index (χ0n) is 10.1. The van der Waals surface area contributed by atoms with E-state index >= 15 is 0 Å². The Morgan fingerprint density at radius 3 is 2.63 bits per heavy atom. The number of halogens is 1. The van der Waals surface area contributed by atoms with E-state index in [0.717, 1.165) is 5.56 Å². The van der Waals surface area contributed by atoms with Crippen LogP contribution >= 0.6 is 15.9 Å². The fourth-order valence-electron chi connectivity index (χ4n) is 1.50. The number of aromatic nitrogens is 1. The van der Waals surface area contributed by atoms with E-state index in [4.69, 9.17) is 5.73 Å². The lowest BCUT2D eigenvalue weighted by atomic mass is 10.3. The third-order valence-corrected chi connectivity index (χ3v) is 4.48. The SMILES string of the molecule is Cc1cncc(NS(=O)(=O)c2ccc(N)c(Br)c2)c1. The molecule has 2 aromatic rings. The minimum Gasteiger partial charge on any atom is -0.398 e. The number of hydrogen-bond donors (Lipinski definition) is 2. The van der Waals surface area contributed by atoms with Crippen molar-refractivity contribution in [2.45, 2.75) is 11.8 Å². The second kappa shape index (κ2) is 5.18. The van der Waals surface area contributed by atoms with E-state index in [0.29, 0.717) is 15.8 Å². The van der Waals surface area contributed by atoms with Crippen molar-refractivity contribution < 1.29 is 8.42 Å². The Bertz CT molecular complexity index is 717. The molecule has 0 spiro atoms. The van der Waals surface area contributed by atoms with Gasteiger partial charge in [-0.3, -0.25) is 9.71 Å². The predicted octanol–water partition coefficient (Wildman–Crippen LogP) is 2.54. The minimum absolute atomic E-state index is 0.134. The first-order chi connectivity index (χ1) is 8.88. The average molecular weight is 342 g/mol. The van der Waals surface area contributed by atoms with E-state index < -0.39 is 10.0 Å². The van der Waals surface area contributed by atoms with Crippen molar-refractivity contribution in [3.05, 3.63) is 46.7 Å². The molecular formula is C12H12BrN3O2S. The summed E-state index contributed by atoms with van der Waals surface area (Å²) < 4.78 is 27.4. The number of pyridine rings is 1.